The van der Waals surface area contributed by atoms with E-state index in [1.807, 2.05) is 54.6 Å². The van der Waals surface area contributed by atoms with Gasteiger partial charge in [0.25, 0.3) is 0 Å². The van der Waals surface area contributed by atoms with Crippen LogP contribution < -0.4 is 14.2 Å². The third-order valence-corrected chi connectivity index (χ3v) is 8.06. The molecule has 0 saturated heterocycles. The molecule has 0 saturated carbocycles. The summed E-state index contributed by atoms with van der Waals surface area (Å²) in [5.74, 6) is 3.66. The van der Waals surface area contributed by atoms with E-state index in [1.165, 1.54) is 12.1 Å². The first-order valence-corrected chi connectivity index (χ1v) is 12.8. The lowest BCUT2D eigenvalue weighted by Gasteiger charge is -2.20. The topological polar surface area (TPSA) is 64.6 Å². The van der Waals surface area contributed by atoms with E-state index in [9.17, 15) is 8.42 Å². The van der Waals surface area contributed by atoms with Gasteiger partial charge in [-0.15, -0.1) is 17.8 Å². The summed E-state index contributed by atoms with van der Waals surface area (Å²) in [6, 6.07) is 21.4. The number of thiophene rings is 1. The van der Waals surface area contributed by atoms with Gasteiger partial charge in [-0.25, -0.2) is 8.42 Å². The average molecular weight is 476 g/mol. The Balaban J connectivity index is 1.58. The Kier molecular flexibility index (Phi) is 5.81. The van der Waals surface area contributed by atoms with Gasteiger partial charge in [0, 0.05) is 27.6 Å². The van der Waals surface area contributed by atoms with Crippen molar-refractivity contribution >= 4 is 31.4 Å². The predicted molar refractivity (Wildman–Crippen MR) is 130 cm³/mol. The fraction of sp³-hybridized carbons (Fsp3) is 0.154. The molecule has 5 nitrogen and oxygen atoms in total. The maximum Gasteiger partial charge on any atom is 0.241 e. The van der Waals surface area contributed by atoms with Crippen molar-refractivity contribution in [2.45, 2.75) is 17.4 Å². The van der Waals surface area contributed by atoms with Crippen molar-refractivity contribution in [1.82, 2.24) is 4.72 Å². The van der Waals surface area contributed by atoms with E-state index in [1.54, 1.807) is 17.4 Å². The maximum atomic E-state index is 13.5. The molecule has 166 valence electrons. The highest BCUT2D eigenvalue weighted by molar-refractivity contribution is 7.89. The molecule has 0 aliphatic carbocycles. The smallest absolute Gasteiger partial charge is 0.241 e. The van der Waals surface area contributed by atoms with Crippen molar-refractivity contribution in [3.8, 4) is 23.8 Å². The Morgan fingerprint density at radius 1 is 0.939 bits per heavy atom. The molecule has 1 aliphatic rings. The fourth-order valence-electron chi connectivity index (χ4n) is 3.83. The Hall–Kier alpha value is -3.31. The molecule has 4 aromatic rings. The summed E-state index contributed by atoms with van der Waals surface area (Å²) in [5.41, 5.74) is 1.37. The van der Waals surface area contributed by atoms with Crippen LogP contribution in [0.25, 0.3) is 10.1 Å². The highest BCUT2D eigenvalue weighted by Crippen LogP contribution is 2.36. The molecule has 1 atom stereocenters. The van der Waals surface area contributed by atoms with Crippen LogP contribution in [0.1, 0.15) is 28.5 Å². The molecule has 0 spiro atoms. The molecule has 3 aromatic carbocycles. The van der Waals surface area contributed by atoms with Gasteiger partial charge < -0.3 is 9.47 Å². The standard InChI is InChI=1S/C26H21NO4S2/c1-2-18-8-3-5-10-21(18)26(25-16-19-9-4-6-11-24(19)32-25)27-33(28,29)20-12-13-22-23(17-20)31-15-7-14-30-22/h1,3-6,8-13,16-17,26-27H,7,14-15H2/t26-/m1/s1. The molecule has 5 rings (SSSR count). The van der Waals surface area contributed by atoms with Crippen LogP contribution >= 0.6 is 11.3 Å². The number of sulfonamides is 1. The van der Waals surface area contributed by atoms with E-state index in [0.29, 0.717) is 30.3 Å². The molecule has 1 N–H and O–H groups in total. The lowest BCUT2D eigenvalue weighted by atomic mass is 10.00. The quantitative estimate of drug-likeness (QED) is 0.408. The van der Waals surface area contributed by atoms with Crippen LogP contribution in [0.3, 0.4) is 0 Å². The van der Waals surface area contributed by atoms with Crippen LogP contribution in [-0.2, 0) is 10.0 Å². The first kappa shape index (κ1) is 21.5. The molecule has 7 heteroatoms. The van der Waals surface area contributed by atoms with Crippen LogP contribution in [0.15, 0.2) is 77.7 Å². The second-order valence-corrected chi connectivity index (χ2v) is 10.5. The third-order valence-electron chi connectivity index (χ3n) is 5.46. The van der Waals surface area contributed by atoms with Crippen molar-refractivity contribution in [1.29, 1.82) is 0 Å². The zero-order chi connectivity index (χ0) is 22.8. The minimum absolute atomic E-state index is 0.107. The van der Waals surface area contributed by atoms with Gasteiger partial charge in [-0.3, -0.25) is 0 Å². The molecule has 1 aliphatic heterocycles. The Morgan fingerprint density at radius 2 is 1.70 bits per heavy atom. The first-order valence-electron chi connectivity index (χ1n) is 10.5. The molecule has 1 aromatic heterocycles. The van der Waals surface area contributed by atoms with Gasteiger partial charge in [0.2, 0.25) is 10.0 Å². The summed E-state index contributed by atoms with van der Waals surface area (Å²) in [5, 5.41) is 1.05. The van der Waals surface area contributed by atoms with Gasteiger partial charge in [0.05, 0.1) is 24.2 Å². The maximum absolute atomic E-state index is 13.5. The van der Waals surface area contributed by atoms with Gasteiger partial charge >= 0.3 is 0 Å². The Bertz CT molecular complexity index is 1430. The fourth-order valence-corrected chi connectivity index (χ4v) is 6.25. The number of fused-ring (bicyclic) bond motifs is 2. The minimum Gasteiger partial charge on any atom is -0.490 e. The Labute approximate surface area is 197 Å². The number of nitrogens with one attached hydrogen (secondary N) is 1. The van der Waals surface area contributed by atoms with Crippen LogP contribution in [0.2, 0.25) is 0 Å². The average Bonchev–Trinajstić information content (AvgIpc) is 3.12. The van der Waals surface area contributed by atoms with Gasteiger partial charge in [-0.05, 0) is 41.3 Å². The van der Waals surface area contributed by atoms with Gasteiger partial charge in [-0.2, -0.15) is 4.72 Å². The highest BCUT2D eigenvalue weighted by atomic mass is 32.2. The van der Waals surface area contributed by atoms with Crippen LogP contribution in [-0.4, -0.2) is 21.6 Å². The molecule has 0 amide bonds. The van der Waals surface area contributed by atoms with E-state index in [0.717, 1.165) is 26.9 Å². The molecule has 2 heterocycles. The SMILES string of the molecule is C#Cc1ccccc1[C@@H](NS(=O)(=O)c1ccc2c(c1)OCCCO2)c1cc2ccccc2s1. The zero-order valence-electron chi connectivity index (χ0n) is 17.7. The summed E-state index contributed by atoms with van der Waals surface area (Å²) >= 11 is 1.54. The lowest BCUT2D eigenvalue weighted by Crippen LogP contribution is -2.29. The van der Waals surface area contributed by atoms with E-state index in [-0.39, 0.29) is 4.90 Å². The number of rotatable bonds is 5. The number of ether oxygens (including phenoxy) is 2. The van der Waals surface area contributed by atoms with E-state index < -0.39 is 16.1 Å². The predicted octanol–water partition coefficient (Wildman–Crippen LogP) is 5.11. The Morgan fingerprint density at radius 3 is 2.52 bits per heavy atom. The summed E-state index contributed by atoms with van der Waals surface area (Å²) in [6.07, 6.45) is 6.50. The summed E-state index contributed by atoms with van der Waals surface area (Å²) in [6.45, 7) is 1.01. The summed E-state index contributed by atoms with van der Waals surface area (Å²) in [7, 11) is -3.91. The number of terminal acetylenes is 1. The molecule has 0 bridgehead atoms. The van der Waals surface area contributed by atoms with Gasteiger partial charge in [-0.1, -0.05) is 42.3 Å². The lowest BCUT2D eigenvalue weighted by molar-refractivity contribution is 0.297. The number of benzene rings is 3. The summed E-state index contributed by atoms with van der Waals surface area (Å²) < 4.78 is 42.3. The zero-order valence-corrected chi connectivity index (χ0v) is 19.3. The van der Waals surface area contributed by atoms with Crippen molar-refractivity contribution in [3.63, 3.8) is 0 Å². The third kappa shape index (κ3) is 4.33. The first-order chi connectivity index (χ1) is 16.0. The van der Waals surface area contributed by atoms with E-state index >= 15 is 0 Å². The molecule has 0 fully saturated rings. The second kappa shape index (κ2) is 8.91. The molecular formula is C26H21NO4S2. The van der Waals surface area contributed by atoms with Crippen molar-refractivity contribution < 1.29 is 17.9 Å². The van der Waals surface area contributed by atoms with Gasteiger partial charge in [0.15, 0.2) is 11.5 Å². The van der Waals surface area contributed by atoms with Crippen LogP contribution in [0, 0.1) is 12.3 Å². The number of hydrogen-bond acceptors (Lipinski definition) is 5. The molecule has 0 unspecified atom stereocenters. The monoisotopic (exact) mass is 475 g/mol. The van der Waals surface area contributed by atoms with E-state index in [4.69, 9.17) is 15.9 Å². The van der Waals surface area contributed by atoms with Crippen molar-refractivity contribution in [2.24, 2.45) is 0 Å². The van der Waals surface area contributed by atoms with Gasteiger partial charge in [0.1, 0.15) is 0 Å². The summed E-state index contributed by atoms with van der Waals surface area (Å²) in [4.78, 5) is 0.966. The number of hydrogen-bond donors (Lipinski definition) is 1. The molecule has 0 radical (unpaired) electrons. The normalized spacial score (nSPS) is 14.4. The molecule has 33 heavy (non-hydrogen) atoms. The molecular weight excluding hydrogens is 454 g/mol. The largest absolute Gasteiger partial charge is 0.490 e. The highest BCUT2D eigenvalue weighted by Gasteiger charge is 2.27. The van der Waals surface area contributed by atoms with Crippen LogP contribution in [0.5, 0.6) is 11.5 Å². The minimum atomic E-state index is -3.91. The van der Waals surface area contributed by atoms with Crippen molar-refractivity contribution in [2.75, 3.05) is 13.2 Å². The second-order valence-electron chi connectivity index (χ2n) is 7.63. The van der Waals surface area contributed by atoms with Crippen molar-refractivity contribution in [3.05, 3.63) is 88.8 Å². The van der Waals surface area contributed by atoms with Crippen LogP contribution in [0.4, 0.5) is 0 Å². The van der Waals surface area contributed by atoms with E-state index in [2.05, 4.69) is 10.6 Å².